The zero-order valence-corrected chi connectivity index (χ0v) is 18.0. The Morgan fingerprint density at radius 1 is 1.23 bits per heavy atom. The topological polar surface area (TPSA) is 76.9 Å². The molecule has 0 aliphatic carbocycles. The Labute approximate surface area is 180 Å². The number of aliphatic hydroxyl groups excluding tert-OH is 1. The van der Waals surface area contributed by atoms with Crippen molar-refractivity contribution in [3.63, 3.8) is 0 Å². The normalized spacial score (nSPS) is 22.1. The fraction of sp³-hybridized carbons (Fsp3) is 0.545. The van der Waals surface area contributed by atoms with Crippen LogP contribution in [0.15, 0.2) is 12.1 Å². The van der Waals surface area contributed by atoms with Crippen LogP contribution in [-0.2, 0) is 11.3 Å². The molecule has 0 radical (unpaired) electrons. The van der Waals surface area contributed by atoms with Crippen molar-refractivity contribution >= 4 is 17.4 Å². The smallest absolute Gasteiger partial charge is 0.231 e. The third-order valence-corrected chi connectivity index (χ3v) is 6.90. The molecule has 7 nitrogen and oxygen atoms in total. The maximum atomic E-state index is 10.0. The van der Waals surface area contributed by atoms with Gasteiger partial charge >= 0.3 is 0 Å². The molecule has 5 rings (SSSR count). The zero-order valence-electron chi connectivity index (χ0n) is 17.3. The van der Waals surface area contributed by atoms with Gasteiger partial charge in [0, 0.05) is 18.7 Å². The molecule has 0 amide bonds. The van der Waals surface area contributed by atoms with E-state index in [1.807, 2.05) is 19.1 Å². The quantitative estimate of drug-likeness (QED) is 0.793. The van der Waals surface area contributed by atoms with Crippen LogP contribution in [0.2, 0.25) is 5.02 Å². The minimum Gasteiger partial charge on any atom is -0.454 e. The lowest BCUT2D eigenvalue weighted by molar-refractivity contribution is 0.0975. The number of ether oxygens (including phenoxy) is 3. The number of anilines is 1. The zero-order chi connectivity index (χ0) is 20.9. The second kappa shape index (κ2) is 7.55. The number of fused-ring (bicyclic) bond motifs is 1. The van der Waals surface area contributed by atoms with Crippen molar-refractivity contribution in [3.8, 4) is 22.8 Å². The Kier molecular flexibility index (Phi) is 5.00. The van der Waals surface area contributed by atoms with Gasteiger partial charge < -0.3 is 24.2 Å². The Morgan fingerprint density at radius 3 is 2.73 bits per heavy atom. The molecule has 1 aromatic carbocycles. The summed E-state index contributed by atoms with van der Waals surface area (Å²) in [6, 6.07) is 3.69. The van der Waals surface area contributed by atoms with Gasteiger partial charge in [-0.1, -0.05) is 11.6 Å². The van der Waals surface area contributed by atoms with Gasteiger partial charge in [-0.05, 0) is 50.7 Å². The fourth-order valence-corrected chi connectivity index (χ4v) is 5.17. The van der Waals surface area contributed by atoms with Crippen molar-refractivity contribution < 1.29 is 19.3 Å². The number of nitrogens with zero attached hydrogens (tertiary/aromatic N) is 3. The van der Waals surface area contributed by atoms with E-state index in [0.29, 0.717) is 34.0 Å². The summed E-state index contributed by atoms with van der Waals surface area (Å²) < 4.78 is 16.7. The molecule has 1 atom stereocenters. The van der Waals surface area contributed by atoms with Gasteiger partial charge in [-0.25, -0.2) is 9.97 Å². The second-order valence-electron chi connectivity index (χ2n) is 8.56. The van der Waals surface area contributed by atoms with Gasteiger partial charge in [0.25, 0.3) is 0 Å². The number of aliphatic hydroxyl groups is 1. The molecular formula is C22H26ClN3O4. The van der Waals surface area contributed by atoms with E-state index in [2.05, 4.69) is 11.8 Å². The van der Waals surface area contributed by atoms with Gasteiger partial charge in [0.05, 0.1) is 35.7 Å². The van der Waals surface area contributed by atoms with Crippen molar-refractivity contribution in [1.82, 2.24) is 9.97 Å². The van der Waals surface area contributed by atoms with Crippen LogP contribution in [0, 0.1) is 12.3 Å². The van der Waals surface area contributed by atoms with Crippen LogP contribution in [0.3, 0.4) is 0 Å². The summed E-state index contributed by atoms with van der Waals surface area (Å²) in [5, 5.41) is 10.5. The number of aryl methyl sites for hydroxylation is 1. The summed E-state index contributed by atoms with van der Waals surface area (Å²) in [4.78, 5) is 11.9. The number of hydrogen-bond donors (Lipinski definition) is 1. The number of halogens is 1. The second-order valence-corrected chi connectivity index (χ2v) is 8.94. The summed E-state index contributed by atoms with van der Waals surface area (Å²) >= 11 is 6.57. The third kappa shape index (κ3) is 3.29. The first-order chi connectivity index (χ1) is 14.5. The summed E-state index contributed by atoms with van der Waals surface area (Å²) in [5.41, 5.74) is 2.99. The molecule has 1 aromatic heterocycles. The first-order valence-electron chi connectivity index (χ1n) is 10.4. The van der Waals surface area contributed by atoms with Crippen molar-refractivity contribution in [1.29, 1.82) is 0 Å². The van der Waals surface area contributed by atoms with Crippen molar-refractivity contribution in [2.75, 3.05) is 31.4 Å². The maximum absolute atomic E-state index is 10.0. The molecule has 1 spiro atoms. The van der Waals surface area contributed by atoms with Crippen LogP contribution in [0.4, 0.5) is 5.82 Å². The molecule has 0 saturated carbocycles. The van der Waals surface area contributed by atoms with Gasteiger partial charge in [-0.15, -0.1) is 0 Å². The van der Waals surface area contributed by atoms with Crippen LogP contribution in [-0.4, -0.2) is 47.7 Å². The lowest BCUT2D eigenvalue weighted by Gasteiger charge is -2.39. The lowest BCUT2D eigenvalue weighted by atomic mass is 9.77. The molecule has 1 N–H and O–H groups in total. The number of aromatic nitrogens is 2. The molecule has 30 heavy (non-hydrogen) atoms. The highest BCUT2D eigenvalue weighted by molar-refractivity contribution is 6.35. The minimum atomic E-state index is -0.181. The molecule has 2 aromatic rings. The van der Waals surface area contributed by atoms with Crippen LogP contribution in [0.1, 0.15) is 37.6 Å². The van der Waals surface area contributed by atoms with E-state index in [4.69, 9.17) is 35.8 Å². The van der Waals surface area contributed by atoms with Gasteiger partial charge in [0.1, 0.15) is 5.69 Å². The molecule has 2 saturated heterocycles. The largest absolute Gasteiger partial charge is 0.454 e. The highest BCUT2D eigenvalue weighted by Gasteiger charge is 2.41. The van der Waals surface area contributed by atoms with Gasteiger partial charge in [0.2, 0.25) is 6.79 Å². The van der Waals surface area contributed by atoms with E-state index in [-0.39, 0.29) is 18.8 Å². The molecule has 160 valence electrons. The number of rotatable bonds is 3. The monoisotopic (exact) mass is 431 g/mol. The highest BCUT2D eigenvalue weighted by atomic mass is 35.5. The number of hydrogen-bond acceptors (Lipinski definition) is 7. The molecule has 4 heterocycles. The molecule has 8 heteroatoms. The summed E-state index contributed by atoms with van der Waals surface area (Å²) in [6.45, 7) is 6.68. The Hall–Kier alpha value is -2.09. The van der Waals surface area contributed by atoms with Crippen LogP contribution in [0.5, 0.6) is 11.5 Å². The highest BCUT2D eigenvalue weighted by Crippen LogP contribution is 2.45. The minimum absolute atomic E-state index is 0.157. The van der Waals surface area contributed by atoms with Crippen LogP contribution in [0.25, 0.3) is 11.3 Å². The Balaban J connectivity index is 1.44. The molecule has 0 unspecified atom stereocenters. The predicted molar refractivity (Wildman–Crippen MR) is 113 cm³/mol. The summed E-state index contributed by atoms with van der Waals surface area (Å²) in [5.74, 6) is 1.91. The van der Waals surface area contributed by atoms with E-state index >= 15 is 0 Å². The molecule has 2 fully saturated rings. The Bertz CT molecular complexity index is 975. The average molecular weight is 432 g/mol. The van der Waals surface area contributed by atoms with E-state index < -0.39 is 0 Å². The van der Waals surface area contributed by atoms with Crippen molar-refractivity contribution in [2.45, 2.75) is 45.8 Å². The molecular weight excluding hydrogens is 406 g/mol. The summed E-state index contributed by atoms with van der Waals surface area (Å²) in [6.07, 6.45) is 3.61. The van der Waals surface area contributed by atoms with Crippen molar-refractivity contribution in [2.24, 2.45) is 5.41 Å². The maximum Gasteiger partial charge on any atom is 0.231 e. The number of benzene rings is 1. The summed E-state index contributed by atoms with van der Waals surface area (Å²) in [7, 11) is 0. The standard InChI is InChI=1S/C22H26ClN3O4/c1-13-9-22(11-28-13)5-7-26(8-6-22)21-16(10-27)25-19(14(2)24-21)15-3-4-17-20(18(15)23)30-12-29-17/h3-4,13,27H,5-12H2,1-2H3/t13-/m0/s1. The van der Waals surface area contributed by atoms with E-state index in [1.165, 1.54) is 0 Å². The first-order valence-corrected chi connectivity index (χ1v) is 10.8. The van der Waals surface area contributed by atoms with Gasteiger partial charge in [-0.3, -0.25) is 0 Å². The number of piperidine rings is 1. The molecule has 0 bridgehead atoms. The molecule has 3 aliphatic heterocycles. The van der Waals surface area contributed by atoms with Gasteiger partial charge in [0.15, 0.2) is 17.3 Å². The van der Waals surface area contributed by atoms with E-state index in [1.54, 1.807) is 0 Å². The third-order valence-electron chi connectivity index (χ3n) is 6.52. The predicted octanol–water partition coefficient (Wildman–Crippen LogP) is 3.72. The van der Waals surface area contributed by atoms with Crippen molar-refractivity contribution in [3.05, 3.63) is 28.5 Å². The van der Waals surface area contributed by atoms with Gasteiger partial charge in [-0.2, -0.15) is 0 Å². The lowest BCUT2D eigenvalue weighted by Crippen LogP contribution is -2.41. The average Bonchev–Trinajstić information content (AvgIpc) is 3.37. The Morgan fingerprint density at radius 2 is 2.03 bits per heavy atom. The SMILES string of the molecule is Cc1nc(N2CCC3(CC2)CO[C@@H](C)C3)c(CO)nc1-c1ccc2c(c1Cl)OCO2. The molecule has 3 aliphatic rings. The van der Waals surface area contributed by atoms with Crippen LogP contribution < -0.4 is 14.4 Å². The fourth-order valence-electron chi connectivity index (χ4n) is 4.87. The van der Waals surface area contributed by atoms with E-state index in [0.717, 1.165) is 56.0 Å². The van der Waals surface area contributed by atoms with E-state index in [9.17, 15) is 5.11 Å². The first kappa shape index (κ1) is 19.8. The van der Waals surface area contributed by atoms with Crippen LogP contribution >= 0.6 is 11.6 Å².